The molecular formula is C19H30N4O3. The van der Waals surface area contributed by atoms with Gasteiger partial charge >= 0.3 is 0 Å². The summed E-state index contributed by atoms with van der Waals surface area (Å²) in [7, 11) is 1.57. The van der Waals surface area contributed by atoms with E-state index >= 15 is 0 Å². The Balaban J connectivity index is 1.78. The first-order valence-electron chi connectivity index (χ1n) is 9.03. The second kappa shape index (κ2) is 9.66. The molecule has 1 aliphatic rings. The molecule has 2 amide bonds. The lowest BCUT2D eigenvalue weighted by Gasteiger charge is -2.34. The third kappa shape index (κ3) is 5.52. The molecule has 1 aromatic rings. The van der Waals surface area contributed by atoms with Crippen LogP contribution in [-0.4, -0.2) is 74.1 Å². The maximum Gasteiger partial charge on any atom is 0.238 e. The summed E-state index contributed by atoms with van der Waals surface area (Å²) < 4.78 is 5.17. The van der Waals surface area contributed by atoms with Crippen LogP contribution in [-0.2, 0) is 14.3 Å². The highest BCUT2D eigenvalue weighted by atomic mass is 16.5. The predicted molar refractivity (Wildman–Crippen MR) is 102 cm³/mol. The van der Waals surface area contributed by atoms with Crippen LogP contribution < -0.4 is 11.1 Å². The van der Waals surface area contributed by atoms with Gasteiger partial charge in [-0.05, 0) is 31.0 Å². The Labute approximate surface area is 155 Å². The molecule has 0 bridgehead atoms. The molecule has 3 N–H and O–H groups in total. The van der Waals surface area contributed by atoms with Gasteiger partial charge in [-0.25, -0.2) is 0 Å². The maximum atomic E-state index is 12.3. The van der Waals surface area contributed by atoms with Gasteiger partial charge in [-0.15, -0.1) is 0 Å². The topological polar surface area (TPSA) is 87.9 Å². The number of ether oxygens (including phenoxy) is 1. The fourth-order valence-electron chi connectivity index (χ4n) is 3.02. The SMILES string of the molecule is COC(CN)CC(=O)N1CCN(CC(=O)Nc2cccc(C)c2C)CC1. The van der Waals surface area contributed by atoms with Gasteiger partial charge < -0.3 is 20.7 Å². The Morgan fingerprint density at radius 2 is 1.92 bits per heavy atom. The lowest BCUT2D eigenvalue weighted by molar-refractivity contribution is -0.135. The third-order valence-corrected chi connectivity index (χ3v) is 4.97. The van der Waals surface area contributed by atoms with Crippen LogP contribution in [0.15, 0.2) is 18.2 Å². The van der Waals surface area contributed by atoms with Crippen molar-refractivity contribution in [3.05, 3.63) is 29.3 Å². The molecule has 144 valence electrons. The molecule has 1 aromatic carbocycles. The lowest BCUT2D eigenvalue weighted by atomic mass is 10.1. The third-order valence-electron chi connectivity index (χ3n) is 4.97. The first-order chi connectivity index (χ1) is 12.4. The van der Waals surface area contributed by atoms with E-state index in [1.807, 2.05) is 36.9 Å². The van der Waals surface area contributed by atoms with E-state index in [-0.39, 0.29) is 17.9 Å². The van der Waals surface area contributed by atoms with E-state index in [4.69, 9.17) is 10.5 Å². The summed E-state index contributed by atoms with van der Waals surface area (Å²) in [4.78, 5) is 28.5. The average Bonchev–Trinajstić information content (AvgIpc) is 2.64. The number of nitrogens with zero attached hydrogens (tertiary/aromatic N) is 2. The smallest absolute Gasteiger partial charge is 0.238 e. The number of nitrogens with one attached hydrogen (secondary N) is 1. The van der Waals surface area contributed by atoms with Gasteiger partial charge in [0.1, 0.15) is 0 Å². The molecule has 2 rings (SSSR count). The van der Waals surface area contributed by atoms with E-state index in [0.29, 0.717) is 45.7 Å². The van der Waals surface area contributed by atoms with E-state index in [2.05, 4.69) is 10.2 Å². The van der Waals surface area contributed by atoms with E-state index in [9.17, 15) is 9.59 Å². The van der Waals surface area contributed by atoms with E-state index in [1.165, 1.54) is 0 Å². The van der Waals surface area contributed by atoms with Crippen molar-refractivity contribution in [3.63, 3.8) is 0 Å². The Kier molecular flexibility index (Phi) is 7.56. The van der Waals surface area contributed by atoms with Gasteiger partial charge in [0.15, 0.2) is 0 Å². The van der Waals surface area contributed by atoms with Gasteiger partial charge in [-0.1, -0.05) is 12.1 Å². The van der Waals surface area contributed by atoms with Gasteiger partial charge in [0.2, 0.25) is 11.8 Å². The molecule has 1 saturated heterocycles. The number of carbonyl (C=O) groups excluding carboxylic acids is 2. The minimum Gasteiger partial charge on any atom is -0.380 e. The standard InChI is InChI=1S/C19H30N4O3/c1-14-5-4-6-17(15(14)2)21-18(24)13-22-7-9-23(10-8-22)19(25)11-16(12-20)26-3/h4-6,16H,7-13,20H2,1-3H3,(H,21,24). The molecule has 0 spiro atoms. The van der Waals surface area contributed by atoms with Crippen molar-refractivity contribution < 1.29 is 14.3 Å². The van der Waals surface area contributed by atoms with Crippen LogP contribution in [0.25, 0.3) is 0 Å². The molecule has 1 fully saturated rings. The summed E-state index contributed by atoms with van der Waals surface area (Å²) >= 11 is 0. The Hall–Kier alpha value is -1.96. The molecule has 1 atom stereocenters. The van der Waals surface area contributed by atoms with Crippen LogP contribution in [0, 0.1) is 13.8 Å². The molecule has 0 aliphatic carbocycles. The Morgan fingerprint density at radius 1 is 1.23 bits per heavy atom. The number of hydrogen-bond donors (Lipinski definition) is 2. The fourth-order valence-corrected chi connectivity index (χ4v) is 3.02. The maximum absolute atomic E-state index is 12.3. The average molecular weight is 362 g/mol. The molecular weight excluding hydrogens is 332 g/mol. The van der Waals surface area contributed by atoms with E-state index < -0.39 is 0 Å². The first kappa shape index (κ1) is 20.4. The normalized spacial score (nSPS) is 16.4. The summed E-state index contributed by atoms with van der Waals surface area (Å²) in [6.45, 7) is 7.31. The number of piperazine rings is 1. The van der Waals surface area contributed by atoms with Gasteiger partial charge in [0, 0.05) is 45.5 Å². The zero-order valence-electron chi connectivity index (χ0n) is 16.0. The second-order valence-corrected chi connectivity index (χ2v) is 6.75. The highest BCUT2D eigenvalue weighted by Crippen LogP contribution is 2.18. The van der Waals surface area contributed by atoms with Crippen LogP contribution in [0.3, 0.4) is 0 Å². The number of nitrogens with two attached hydrogens (primary N) is 1. The molecule has 7 nitrogen and oxygen atoms in total. The Bertz CT molecular complexity index is 623. The predicted octanol–water partition coefficient (Wildman–Crippen LogP) is 0.750. The van der Waals surface area contributed by atoms with Crippen LogP contribution in [0.2, 0.25) is 0 Å². The van der Waals surface area contributed by atoms with Crippen LogP contribution in [0.1, 0.15) is 17.5 Å². The van der Waals surface area contributed by atoms with Crippen molar-refractivity contribution in [2.75, 3.05) is 51.7 Å². The van der Waals surface area contributed by atoms with Crippen molar-refractivity contribution in [2.24, 2.45) is 5.73 Å². The zero-order valence-corrected chi connectivity index (χ0v) is 16.0. The lowest BCUT2D eigenvalue weighted by Crippen LogP contribution is -2.51. The number of benzene rings is 1. The van der Waals surface area contributed by atoms with E-state index in [0.717, 1.165) is 16.8 Å². The summed E-state index contributed by atoms with van der Waals surface area (Å²) in [6.07, 6.45) is 0.0732. The number of amides is 2. The summed E-state index contributed by atoms with van der Waals surface area (Å²) in [5, 5.41) is 2.98. The second-order valence-electron chi connectivity index (χ2n) is 6.75. The summed E-state index contributed by atoms with van der Waals surface area (Å²) in [5.74, 6) is 0.0304. The number of hydrogen-bond acceptors (Lipinski definition) is 5. The largest absolute Gasteiger partial charge is 0.380 e. The first-order valence-corrected chi connectivity index (χ1v) is 9.03. The minimum atomic E-state index is -0.233. The van der Waals surface area contributed by atoms with Gasteiger partial charge in [0.05, 0.1) is 19.1 Å². The van der Waals surface area contributed by atoms with Gasteiger partial charge in [-0.2, -0.15) is 0 Å². The highest BCUT2D eigenvalue weighted by Gasteiger charge is 2.24. The van der Waals surface area contributed by atoms with Crippen molar-refractivity contribution in [2.45, 2.75) is 26.4 Å². The molecule has 1 aliphatic heterocycles. The zero-order chi connectivity index (χ0) is 19.1. The van der Waals surface area contributed by atoms with Crippen LogP contribution in [0.5, 0.6) is 0 Å². The molecule has 1 unspecified atom stereocenters. The molecule has 1 heterocycles. The van der Waals surface area contributed by atoms with Crippen molar-refractivity contribution in [1.29, 1.82) is 0 Å². The number of carbonyl (C=O) groups is 2. The molecule has 0 saturated carbocycles. The summed E-state index contributed by atoms with van der Waals surface area (Å²) in [6, 6.07) is 5.89. The Morgan fingerprint density at radius 3 is 2.54 bits per heavy atom. The number of anilines is 1. The molecule has 0 radical (unpaired) electrons. The van der Waals surface area contributed by atoms with Gasteiger partial charge in [-0.3, -0.25) is 14.5 Å². The number of rotatable bonds is 7. The molecule has 26 heavy (non-hydrogen) atoms. The monoisotopic (exact) mass is 362 g/mol. The van der Waals surface area contributed by atoms with Crippen molar-refractivity contribution in [3.8, 4) is 0 Å². The minimum absolute atomic E-state index is 0.0268. The highest BCUT2D eigenvalue weighted by molar-refractivity contribution is 5.93. The van der Waals surface area contributed by atoms with Gasteiger partial charge in [0.25, 0.3) is 0 Å². The van der Waals surface area contributed by atoms with E-state index in [1.54, 1.807) is 7.11 Å². The van der Waals surface area contributed by atoms with Crippen molar-refractivity contribution in [1.82, 2.24) is 9.80 Å². The van der Waals surface area contributed by atoms with Crippen LogP contribution >= 0.6 is 0 Å². The molecule has 7 heteroatoms. The summed E-state index contributed by atoms with van der Waals surface area (Å²) in [5.41, 5.74) is 8.67. The quantitative estimate of drug-likeness (QED) is 0.747. The number of methoxy groups -OCH3 is 1. The van der Waals surface area contributed by atoms with Crippen LogP contribution in [0.4, 0.5) is 5.69 Å². The van der Waals surface area contributed by atoms with Crippen molar-refractivity contribution >= 4 is 17.5 Å². The molecule has 0 aromatic heterocycles. The fraction of sp³-hybridized carbons (Fsp3) is 0.579. The number of aryl methyl sites for hydroxylation is 1.